The van der Waals surface area contributed by atoms with Gasteiger partial charge in [-0.25, -0.2) is 0 Å². The maximum absolute atomic E-state index is 11.3. The van der Waals surface area contributed by atoms with Crippen LogP contribution in [0.15, 0.2) is 18.2 Å². The number of benzene rings is 1. The molecule has 2 rings (SSSR count). The molecule has 1 heterocycles. The number of likely N-dealkylation sites (tertiary alicyclic amines) is 1. The van der Waals surface area contributed by atoms with Crippen LogP contribution >= 0.6 is 0 Å². The van der Waals surface area contributed by atoms with Crippen molar-refractivity contribution in [2.45, 2.75) is 25.9 Å². The van der Waals surface area contributed by atoms with Crippen molar-refractivity contribution in [3.8, 4) is 5.75 Å². The van der Waals surface area contributed by atoms with Crippen molar-refractivity contribution in [1.82, 2.24) is 4.90 Å². The lowest BCUT2D eigenvalue weighted by atomic mass is 9.97. The summed E-state index contributed by atoms with van der Waals surface area (Å²) < 4.78 is 5.35. The zero-order valence-electron chi connectivity index (χ0n) is 12.0. The largest absolute Gasteiger partial charge is 0.496 e. The predicted molar refractivity (Wildman–Crippen MR) is 78.1 cm³/mol. The van der Waals surface area contributed by atoms with Crippen LogP contribution in [0.3, 0.4) is 0 Å². The normalized spacial score (nSPS) is 19.8. The van der Waals surface area contributed by atoms with Gasteiger partial charge in [0.25, 0.3) is 0 Å². The van der Waals surface area contributed by atoms with Crippen LogP contribution < -0.4 is 16.2 Å². The highest BCUT2D eigenvalue weighted by atomic mass is 16.5. The van der Waals surface area contributed by atoms with E-state index >= 15 is 0 Å². The second-order valence-electron chi connectivity index (χ2n) is 5.33. The Morgan fingerprint density at radius 1 is 1.50 bits per heavy atom. The molecule has 1 fully saturated rings. The monoisotopic (exact) mass is 277 g/mol. The highest BCUT2D eigenvalue weighted by Crippen LogP contribution is 2.23. The minimum atomic E-state index is -0.189. The van der Waals surface area contributed by atoms with E-state index in [-0.39, 0.29) is 11.8 Å². The lowest BCUT2D eigenvalue weighted by molar-refractivity contribution is -0.123. The van der Waals surface area contributed by atoms with E-state index < -0.39 is 0 Å². The van der Waals surface area contributed by atoms with E-state index in [1.165, 1.54) is 5.56 Å². The number of piperidine rings is 1. The highest BCUT2D eigenvalue weighted by molar-refractivity contribution is 5.76. The number of carbonyl (C=O) groups excluding carboxylic acids is 1. The molecular weight excluding hydrogens is 254 g/mol. The van der Waals surface area contributed by atoms with E-state index in [9.17, 15) is 4.79 Å². The van der Waals surface area contributed by atoms with Gasteiger partial charge in [-0.15, -0.1) is 0 Å². The van der Waals surface area contributed by atoms with Crippen molar-refractivity contribution in [3.05, 3.63) is 29.3 Å². The molecule has 20 heavy (non-hydrogen) atoms. The van der Waals surface area contributed by atoms with Crippen LogP contribution in [-0.2, 0) is 17.9 Å². The number of nitrogens with two attached hydrogens (primary N) is 2. The zero-order chi connectivity index (χ0) is 14.5. The summed E-state index contributed by atoms with van der Waals surface area (Å²) in [5, 5.41) is 0. The fourth-order valence-corrected chi connectivity index (χ4v) is 2.75. The summed E-state index contributed by atoms with van der Waals surface area (Å²) in [4.78, 5) is 13.6. The van der Waals surface area contributed by atoms with Gasteiger partial charge in [-0.1, -0.05) is 12.1 Å². The average molecular weight is 277 g/mol. The van der Waals surface area contributed by atoms with E-state index in [1.54, 1.807) is 7.11 Å². The molecule has 1 saturated heterocycles. The molecule has 1 aliphatic rings. The number of rotatable bonds is 5. The minimum absolute atomic E-state index is 0.0195. The van der Waals surface area contributed by atoms with E-state index in [0.717, 1.165) is 43.8 Å². The number of primary amides is 1. The third-order valence-corrected chi connectivity index (χ3v) is 3.89. The topological polar surface area (TPSA) is 81.6 Å². The van der Waals surface area contributed by atoms with E-state index in [0.29, 0.717) is 6.54 Å². The Morgan fingerprint density at radius 3 is 2.95 bits per heavy atom. The Kier molecular flexibility index (Phi) is 4.98. The summed E-state index contributed by atoms with van der Waals surface area (Å²) >= 11 is 0. The van der Waals surface area contributed by atoms with Crippen molar-refractivity contribution in [3.63, 3.8) is 0 Å². The zero-order valence-corrected chi connectivity index (χ0v) is 12.0. The highest BCUT2D eigenvalue weighted by Gasteiger charge is 2.23. The van der Waals surface area contributed by atoms with Crippen LogP contribution in [0.5, 0.6) is 5.75 Å². The maximum Gasteiger partial charge on any atom is 0.221 e. The molecule has 5 heteroatoms. The van der Waals surface area contributed by atoms with Gasteiger partial charge in [0.15, 0.2) is 0 Å². The molecular formula is C15H23N3O2. The quantitative estimate of drug-likeness (QED) is 0.836. The standard InChI is InChI=1S/C15H23N3O2/c1-20-14-7-11(4-5-12(14)8-16)9-18-6-2-3-13(10-18)15(17)19/h4-5,7,13H,2-3,6,8-10,16H2,1H3,(H2,17,19). The van der Waals surface area contributed by atoms with Crippen molar-refractivity contribution in [1.29, 1.82) is 0 Å². The maximum atomic E-state index is 11.3. The first-order valence-corrected chi connectivity index (χ1v) is 7.01. The van der Waals surface area contributed by atoms with Gasteiger partial charge in [-0.05, 0) is 31.0 Å². The molecule has 4 N–H and O–H groups in total. The number of amides is 1. The SMILES string of the molecule is COc1cc(CN2CCCC(C(N)=O)C2)ccc1CN. The third-order valence-electron chi connectivity index (χ3n) is 3.89. The van der Waals surface area contributed by atoms with Gasteiger partial charge in [-0.2, -0.15) is 0 Å². The summed E-state index contributed by atoms with van der Waals surface area (Å²) in [5.41, 5.74) is 13.3. The number of ether oxygens (including phenoxy) is 1. The Labute approximate surface area is 119 Å². The van der Waals surface area contributed by atoms with E-state index in [1.807, 2.05) is 12.1 Å². The van der Waals surface area contributed by atoms with Crippen LogP contribution in [0.1, 0.15) is 24.0 Å². The molecule has 1 amide bonds. The van der Waals surface area contributed by atoms with Crippen LogP contribution in [0.2, 0.25) is 0 Å². The summed E-state index contributed by atoms with van der Waals surface area (Å²) in [6.45, 7) is 3.03. The molecule has 110 valence electrons. The fraction of sp³-hybridized carbons (Fsp3) is 0.533. The fourth-order valence-electron chi connectivity index (χ4n) is 2.75. The first-order valence-electron chi connectivity index (χ1n) is 7.01. The first kappa shape index (κ1) is 14.8. The molecule has 5 nitrogen and oxygen atoms in total. The Bertz CT molecular complexity index is 476. The van der Waals surface area contributed by atoms with Crippen molar-refractivity contribution < 1.29 is 9.53 Å². The summed E-state index contributed by atoms with van der Waals surface area (Å²) in [7, 11) is 1.66. The lowest BCUT2D eigenvalue weighted by Gasteiger charge is -2.31. The molecule has 0 spiro atoms. The molecule has 1 unspecified atom stereocenters. The average Bonchev–Trinajstić information content (AvgIpc) is 2.47. The number of hydrogen-bond acceptors (Lipinski definition) is 4. The van der Waals surface area contributed by atoms with Crippen molar-refractivity contribution in [2.24, 2.45) is 17.4 Å². The summed E-state index contributed by atoms with van der Waals surface area (Å²) in [6.07, 6.45) is 1.92. The van der Waals surface area contributed by atoms with Gasteiger partial charge in [0.05, 0.1) is 13.0 Å². The van der Waals surface area contributed by atoms with Crippen LogP contribution in [0.25, 0.3) is 0 Å². The number of nitrogens with zero attached hydrogens (tertiary/aromatic N) is 1. The molecule has 0 bridgehead atoms. The third kappa shape index (κ3) is 3.49. The molecule has 0 aliphatic carbocycles. The van der Waals surface area contributed by atoms with Gasteiger partial charge in [0, 0.05) is 25.2 Å². The van der Waals surface area contributed by atoms with Crippen LogP contribution in [0, 0.1) is 5.92 Å². The predicted octanol–water partition coefficient (Wildman–Crippen LogP) is 0.851. The Balaban J connectivity index is 2.04. The number of carbonyl (C=O) groups is 1. The van der Waals surface area contributed by atoms with Crippen LogP contribution in [-0.4, -0.2) is 31.0 Å². The van der Waals surface area contributed by atoms with Gasteiger partial charge in [0.2, 0.25) is 5.91 Å². The first-order chi connectivity index (χ1) is 9.63. The molecule has 0 radical (unpaired) electrons. The molecule has 1 aromatic rings. The molecule has 1 atom stereocenters. The van der Waals surface area contributed by atoms with E-state index in [4.69, 9.17) is 16.2 Å². The molecule has 0 saturated carbocycles. The Hall–Kier alpha value is -1.59. The summed E-state index contributed by atoms with van der Waals surface area (Å²) in [6, 6.07) is 6.10. The second-order valence-corrected chi connectivity index (χ2v) is 5.33. The molecule has 1 aliphatic heterocycles. The van der Waals surface area contributed by atoms with Gasteiger partial charge in [-0.3, -0.25) is 9.69 Å². The summed E-state index contributed by atoms with van der Waals surface area (Å²) in [5.74, 6) is 0.619. The number of hydrogen-bond donors (Lipinski definition) is 2. The lowest BCUT2D eigenvalue weighted by Crippen LogP contribution is -2.40. The minimum Gasteiger partial charge on any atom is -0.496 e. The van der Waals surface area contributed by atoms with Gasteiger partial charge < -0.3 is 16.2 Å². The molecule has 1 aromatic carbocycles. The van der Waals surface area contributed by atoms with Gasteiger partial charge >= 0.3 is 0 Å². The smallest absolute Gasteiger partial charge is 0.221 e. The van der Waals surface area contributed by atoms with Gasteiger partial charge in [0.1, 0.15) is 5.75 Å². The number of methoxy groups -OCH3 is 1. The molecule has 0 aromatic heterocycles. The second kappa shape index (κ2) is 6.72. The Morgan fingerprint density at radius 2 is 2.30 bits per heavy atom. The van der Waals surface area contributed by atoms with E-state index in [2.05, 4.69) is 11.0 Å². The van der Waals surface area contributed by atoms with Crippen molar-refractivity contribution in [2.75, 3.05) is 20.2 Å². The van der Waals surface area contributed by atoms with Crippen molar-refractivity contribution >= 4 is 5.91 Å². The van der Waals surface area contributed by atoms with Crippen LogP contribution in [0.4, 0.5) is 0 Å².